The van der Waals surface area contributed by atoms with E-state index >= 15 is 0 Å². The van der Waals surface area contributed by atoms with E-state index < -0.39 is 0 Å². The number of para-hydroxylation sites is 1. The highest BCUT2D eigenvalue weighted by Crippen LogP contribution is 2.53. The van der Waals surface area contributed by atoms with Crippen LogP contribution in [0, 0.1) is 0 Å². The summed E-state index contributed by atoms with van der Waals surface area (Å²) >= 11 is 0. The van der Waals surface area contributed by atoms with Gasteiger partial charge in [0.05, 0.1) is 11.4 Å². The lowest BCUT2D eigenvalue weighted by atomic mass is 9.80. The number of rotatable bonds is 7. The molecule has 1 heteroatoms. The van der Waals surface area contributed by atoms with Crippen LogP contribution in [0.3, 0.4) is 0 Å². The van der Waals surface area contributed by atoms with Crippen molar-refractivity contribution < 1.29 is 0 Å². The molecule has 56 heavy (non-hydrogen) atoms. The van der Waals surface area contributed by atoms with Crippen LogP contribution in [0.2, 0.25) is 0 Å². The Balaban J connectivity index is 1.24. The molecule has 2 aliphatic carbocycles. The van der Waals surface area contributed by atoms with Crippen molar-refractivity contribution in [2.75, 3.05) is 4.90 Å². The third kappa shape index (κ3) is 5.85. The van der Waals surface area contributed by atoms with Crippen LogP contribution in [0.15, 0.2) is 182 Å². The van der Waals surface area contributed by atoms with Gasteiger partial charge in [-0.2, -0.15) is 0 Å². The van der Waals surface area contributed by atoms with E-state index in [1.54, 1.807) is 0 Å². The van der Waals surface area contributed by atoms with Gasteiger partial charge in [-0.15, -0.1) is 0 Å². The van der Waals surface area contributed by atoms with E-state index in [-0.39, 0.29) is 5.41 Å². The molecule has 0 saturated heterocycles. The van der Waals surface area contributed by atoms with Gasteiger partial charge in [0.1, 0.15) is 0 Å². The standard InChI is InChI=1S/C55H47N/c1-55(2)50-30-14-12-26-45(50)46-34-33-43(37-51(46)55)56(53-35-32-42(38-18-6-3-7-19-38)36-49(53)40-22-10-5-11-23-40)52-31-15-13-27-47(52)48-29-17-25-41-24-16-28-44(54(41)48)39-20-8-4-9-21-39/h3,5-7,10-19,22-37,39H,4,8-9,20-21H2,1-2H3. The Morgan fingerprint density at radius 1 is 0.429 bits per heavy atom. The van der Waals surface area contributed by atoms with Crippen LogP contribution in [0.1, 0.15) is 68.6 Å². The smallest absolute Gasteiger partial charge is 0.0540 e. The Morgan fingerprint density at radius 2 is 1.05 bits per heavy atom. The normalized spacial score (nSPS) is 14.7. The Morgan fingerprint density at radius 3 is 1.84 bits per heavy atom. The van der Waals surface area contributed by atoms with Crippen LogP contribution in [0.25, 0.3) is 55.3 Å². The second-order valence-electron chi connectivity index (χ2n) is 16.3. The number of nitrogens with zero attached hydrogens (tertiary/aromatic N) is 1. The summed E-state index contributed by atoms with van der Waals surface area (Å²) in [5, 5.41) is 2.73. The van der Waals surface area contributed by atoms with Crippen LogP contribution in [0.4, 0.5) is 17.1 Å². The number of hydrogen-bond acceptors (Lipinski definition) is 1. The molecule has 0 N–H and O–H groups in total. The Labute approximate surface area is 331 Å². The van der Waals surface area contributed by atoms with Gasteiger partial charge in [-0.25, -0.2) is 0 Å². The third-order valence-electron chi connectivity index (χ3n) is 12.7. The average Bonchev–Trinajstić information content (AvgIpc) is 3.50. The summed E-state index contributed by atoms with van der Waals surface area (Å²) in [6, 6.07) is 67.9. The summed E-state index contributed by atoms with van der Waals surface area (Å²) < 4.78 is 0. The van der Waals surface area contributed by atoms with Crippen molar-refractivity contribution in [2.45, 2.75) is 57.3 Å². The average molecular weight is 722 g/mol. The summed E-state index contributed by atoms with van der Waals surface area (Å²) in [6.07, 6.45) is 6.51. The van der Waals surface area contributed by atoms with Gasteiger partial charge < -0.3 is 4.90 Å². The molecule has 1 fully saturated rings. The molecule has 0 unspecified atom stereocenters. The minimum atomic E-state index is -0.128. The zero-order valence-corrected chi connectivity index (χ0v) is 32.4. The van der Waals surface area contributed by atoms with Crippen LogP contribution in [0.5, 0.6) is 0 Å². The van der Waals surface area contributed by atoms with Gasteiger partial charge in [0.15, 0.2) is 0 Å². The Hall–Kier alpha value is -6.18. The second kappa shape index (κ2) is 14.2. The number of benzene rings is 8. The van der Waals surface area contributed by atoms with E-state index in [4.69, 9.17) is 0 Å². The fourth-order valence-electron chi connectivity index (χ4n) is 9.87. The first-order valence-corrected chi connectivity index (χ1v) is 20.5. The van der Waals surface area contributed by atoms with Gasteiger partial charge in [-0.3, -0.25) is 0 Å². The highest BCUT2D eigenvalue weighted by atomic mass is 15.1. The molecule has 272 valence electrons. The molecule has 0 radical (unpaired) electrons. The molecular formula is C55H47N. The second-order valence-corrected chi connectivity index (χ2v) is 16.3. The van der Waals surface area contributed by atoms with Gasteiger partial charge in [0.25, 0.3) is 0 Å². The van der Waals surface area contributed by atoms with Crippen molar-refractivity contribution in [3.05, 3.63) is 199 Å². The molecule has 1 saturated carbocycles. The predicted octanol–water partition coefficient (Wildman–Crippen LogP) is 15.7. The summed E-state index contributed by atoms with van der Waals surface area (Å²) in [6.45, 7) is 4.76. The highest BCUT2D eigenvalue weighted by molar-refractivity contribution is 6.04. The van der Waals surface area contributed by atoms with Crippen molar-refractivity contribution in [3.8, 4) is 44.5 Å². The Bertz CT molecular complexity index is 2690. The molecule has 0 atom stereocenters. The van der Waals surface area contributed by atoms with E-state index in [0.29, 0.717) is 5.92 Å². The molecule has 1 nitrogen and oxygen atoms in total. The molecule has 0 amide bonds. The summed E-state index contributed by atoms with van der Waals surface area (Å²) in [7, 11) is 0. The maximum absolute atomic E-state index is 2.55. The van der Waals surface area contributed by atoms with Gasteiger partial charge in [-0.05, 0) is 110 Å². The molecular weight excluding hydrogens is 675 g/mol. The maximum atomic E-state index is 2.55. The van der Waals surface area contributed by atoms with Crippen LogP contribution in [-0.4, -0.2) is 0 Å². The molecule has 2 aliphatic rings. The van der Waals surface area contributed by atoms with Gasteiger partial charge in [0.2, 0.25) is 0 Å². The first-order valence-electron chi connectivity index (χ1n) is 20.5. The van der Waals surface area contributed by atoms with E-state index in [1.165, 1.54) is 110 Å². The predicted molar refractivity (Wildman–Crippen MR) is 238 cm³/mol. The van der Waals surface area contributed by atoms with Crippen molar-refractivity contribution in [2.24, 2.45) is 0 Å². The topological polar surface area (TPSA) is 3.24 Å². The van der Waals surface area contributed by atoms with Gasteiger partial charge in [0, 0.05) is 22.2 Å². The minimum absolute atomic E-state index is 0.128. The fourth-order valence-corrected chi connectivity index (χ4v) is 9.87. The van der Waals surface area contributed by atoms with E-state index in [2.05, 4.69) is 201 Å². The van der Waals surface area contributed by atoms with Crippen molar-refractivity contribution in [1.29, 1.82) is 0 Å². The van der Waals surface area contributed by atoms with Crippen LogP contribution < -0.4 is 4.90 Å². The SMILES string of the molecule is CC1(C)c2ccccc2-c2ccc(N(c3ccc(-c4ccccc4)cc3-c3ccccc3)c3ccccc3-c3cccc4cccc(C5CCCCC5)c34)cc21. The van der Waals surface area contributed by atoms with E-state index in [1.807, 2.05) is 0 Å². The third-order valence-corrected chi connectivity index (χ3v) is 12.7. The van der Waals surface area contributed by atoms with Crippen LogP contribution >= 0.6 is 0 Å². The number of anilines is 3. The van der Waals surface area contributed by atoms with E-state index in [0.717, 1.165) is 11.4 Å². The molecule has 8 aromatic carbocycles. The monoisotopic (exact) mass is 721 g/mol. The van der Waals surface area contributed by atoms with Gasteiger partial charge >= 0.3 is 0 Å². The molecule has 0 aromatic heterocycles. The van der Waals surface area contributed by atoms with Crippen molar-refractivity contribution in [3.63, 3.8) is 0 Å². The lowest BCUT2D eigenvalue weighted by molar-refractivity contribution is 0.445. The molecule has 10 rings (SSSR count). The first kappa shape index (κ1) is 34.3. The van der Waals surface area contributed by atoms with E-state index in [9.17, 15) is 0 Å². The van der Waals surface area contributed by atoms with Crippen molar-refractivity contribution in [1.82, 2.24) is 0 Å². The molecule has 0 aliphatic heterocycles. The zero-order valence-electron chi connectivity index (χ0n) is 32.4. The lowest BCUT2D eigenvalue weighted by Gasteiger charge is -2.32. The largest absolute Gasteiger partial charge is 0.309 e. The maximum Gasteiger partial charge on any atom is 0.0540 e. The zero-order chi connectivity index (χ0) is 37.6. The fraction of sp³-hybridized carbons (Fsp3) is 0.164. The highest BCUT2D eigenvalue weighted by Gasteiger charge is 2.36. The Kier molecular flexibility index (Phi) is 8.67. The molecule has 8 aromatic rings. The molecule has 0 spiro atoms. The summed E-state index contributed by atoms with van der Waals surface area (Å²) in [5.74, 6) is 0.590. The molecule has 0 bridgehead atoms. The number of fused-ring (bicyclic) bond motifs is 4. The van der Waals surface area contributed by atoms with Crippen LogP contribution in [-0.2, 0) is 5.41 Å². The number of hydrogen-bond donors (Lipinski definition) is 0. The summed E-state index contributed by atoms with van der Waals surface area (Å²) in [5.41, 5.74) is 17.7. The quantitative estimate of drug-likeness (QED) is 0.158. The molecule has 0 heterocycles. The first-order chi connectivity index (χ1) is 27.6. The summed E-state index contributed by atoms with van der Waals surface area (Å²) in [4.78, 5) is 2.55. The minimum Gasteiger partial charge on any atom is -0.309 e. The van der Waals surface area contributed by atoms with Crippen molar-refractivity contribution >= 4 is 27.8 Å². The lowest BCUT2D eigenvalue weighted by Crippen LogP contribution is -2.17. The van der Waals surface area contributed by atoms with Gasteiger partial charge in [-0.1, -0.05) is 185 Å².